The van der Waals surface area contributed by atoms with E-state index in [1.54, 1.807) is 0 Å². The largest absolute Gasteiger partial charge is 0.451 e. The van der Waals surface area contributed by atoms with Gasteiger partial charge in [0.05, 0.1) is 18.9 Å². The summed E-state index contributed by atoms with van der Waals surface area (Å²) in [6, 6.07) is 8.16. The summed E-state index contributed by atoms with van der Waals surface area (Å²) in [5.74, 6) is 2.55. The molecule has 27 heavy (non-hydrogen) atoms. The van der Waals surface area contributed by atoms with Crippen molar-refractivity contribution < 1.29 is 9.47 Å². The summed E-state index contributed by atoms with van der Waals surface area (Å²) >= 11 is 7.03. The topological polar surface area (TPSA) is 37.8 Å². The molecule has 142 valence electrons. The van der Waals surface area contributed by atoms with Crippen molar-refractivity contribution in [3.05, 3.63) is 39.4 Å². The Morgan fingerprint density at radius 1 is 1.00 bits per heavy atom. The number of nitrogens with zero attached hydrogens (tertiary/aromatic N) is 3. The molecule has 3 aliphatic heterocycles. The van der Waals surface area contributed by atoms with E-state index in [0.29, 0.717) is 5.41 Å². The number of hydrogen-bond acceptors (Lipinski definition) is 5. The highest BCUT2D eigenvalue weighted by molar-refractivity contribution is 9.10. The van der Waals surface area contributed by atoms with Gasteiger partial charge in [0.2, 0.25) is 0 Å². The smallest absolute Gasteiger partial charge is 0.176 e. The molecule has 2 fully saturated rings. The van der Waals surface area contributed by atoms with Gasteiger partial charge in [-0.15, -0.1) is 0 Å². The summed E-state index contributed by atoms with van der Waals surface area (Å²) in [5, 5.41) is 0. The van der Waals surface area contributed by atoms with E-state index < -0.39 is 0 Å². The zero-order chi connectivity index (χ0) is 18.4. The van der Waals surface area contributed by atoms with Gasteiger partial charge in [-0.1, -0.05) is 15.9 Å². The molecule has 0 aliphatic carbocycles. The van der Waals surface area contributed by atoms with Crippen molar-refractivity contribution in [3.63, 3.8) is 0 Å². The zero-order valence-corrected chi connectivity index (χ0v) is 18.1. The van der Waals surface area contributed by atoms with Gasteiger partial charge in [-0.05, 0) is 53.5 Å². The van der Waals surface area contributed by atoms with E-state index >= 15 is 0 Å². The Kier molecular flexibility index (Phi) is 4.66. The van der Waals surface area contributed by atoms with Crippen molar-refractivity contribution in [2.75, 3.05) is 44.3 Å². The van der Waals surface area contributed by atoms with E-state index in [4.69, 9.17) is 9.47 Å². The standard InChI is InChI=1S/C20H21Br2N3O2/c21-14-3-4-16-17(7-14)27-18-8-15(22)9-23-19(18)25(16)6-2-1-5-24-10-20(11-24)12-26-13-20/h3-4,7-9H,1-2,5-6,10-13H2. The molecule has 1 aromatic carbocycles. The molecule has 5 nitrogen and oxygen atoms in total. The fourth-order valence-corrected chi connectivity index (χ4v) is 4.83. The zero-order valence-electron chi connectivity index (χ0n) is 15.0. The summed E-state index contributed by atoms with van der Waals surface area (Å²) in [5.41, 5.74) is 1.59. The van der Waals surface area contributed by atoms with Crippen LogP contribution in [0.5, 0.6) is 11.5 Å². The summed E-state index contributed by atoms with van der Waals surface area (Å²) in [4.78, 5) is 9.45. The minimum Gasteiger partial charge on any atom is -0.451 e. The van der Waals surface area contributed by atoms with Crippen molar-refractivity contribution in [2.24, 2.45) is 5.41 Å². The van der Waals surface area contributed by atoms with Gasteiger partial charge < -0.3 is 19.3 Å². The second-order valence-electron chi connectivity index (χ2n) is 7.75. The fourth-order valence-electron chi connectivity index (χ4n) is 4.18. The number of pyridine rings is 1. The fraction of sp³-hybridized carbons (Fsp3) is 0.450. The average Bonchev–Trinajstić information content (AvgIpc) is 2.57. The number of unbranched alkanes of at least 4 members (excludes halogenated alkanes) is 1. The normalized spacial score (nSPS) is 19.7. The Labute approximate surface area is 175 Å². The van der Waals surface area contributed by atoms with Gasteiger partial charge in [0.25, 0.3) is 0 Å². The predicted molar refractivity (Wildman–Crippen MR) is 112 cm³/mol. The van der Waals surface area contributed by atoms with Crippen LogP contribution < -0.4 is 9.64 Å². The lowest BCUT2D eigenvalue weighted by molar-refractivity contribution is -0.188. The van der Waals surface area contributed by atoms with Crippen molar-refractivity contribution in [3.8, 4) is 11.5 Å². The maximum Gasteiger partial charge on any atom is 0.176 e. The molecule has 4 heterocycles. The lowest BCUT2D eigenvalue weighted by atomic mass is 9.78. The van der Waals surface area contributed by atoms with Crippen LogP contribution in [0.4, 0.5) is 11.5 Å². The van der Waals surface area contributed by atoms with Crippen molar-refractivity contribution in [1.82, 2.24) is 9.88 Å². The number of benzene rings is 1. The summed E-state index contributed by atoms with van der Waals surface area (Å²) in [6.07, 6.45) is 4.14. The van der Waals surface area contributed by atoms with Crippen LogP contribution in [0.15, 0.2) is 39.4 Å². The minimum absolute atomic E-state index is 0.507. The van der Waals surface area contributed by atoms with Crippen LogP contribution in [0, 0.1) is 5.41 Å². The molecule has 1 aromatic heterocycles. The van der Waals surface area contributed by atoms with Crippen LogP contribution in [-0.2, 0) is 4.74 Å². The van der Waals surface area contributed by atoms with E-state index in [0.717, 1.165) is 58.1 Å². The van der Waals surface area contributed by atoms with Gasteiger partial charge in [-0.3, -0.25) is 0 Å². The third-order valence-corrected chi connectivity index (χ3v) is 6.46. The summed E-state index contributed by atoms with van der Waals surface area (Å²) < 4.78 is 13.4. The number of halogens is 2. The first-order valence-electron chi connectivity index (χ1n) is 9.33. The number of likely N-dealkylation sites (tertiary alicyclic amines) is 1. The Bertz CT molecular complexity index is 813. The van der Waals surface area contributed by atoms with Gasteiger partial charge in [0, 0.05) is 46.3 Å². The minimum atomic E-state index is 0.507. The first-order valence-corrected chi connectivity index (χ1v) is 10.9. The molecule has 5 rings (SSSR count). The molecule has 0 amide bonds. The molecule has 2 aromatic rings. The van der Waals surface area contributed by atoms with Crippen molar-refractivity contribution >= 4 is 43.4 Å². The molecule has 1 spiro atoms. The molecular formula is C20H21Br2N3O2. The van der Waals surface area contributed by atoms with Gasteiger partial charge in [-0.2, -0.15) is 0 Å². The number of rotatable bonds is 5. The molecular weight excluding hydrogens is 474 g/mol. The summed E-state index contributed by atoms with van der Waals surface area (Å²) in [7, 11) is 0. The molecule has 0 radical (unpaired) electrons. The monoisotopic (exact) mass is 493 g/mol. The highest BCUT2D eigenvalue weighted by Gasteiger charge is 2.48. The van der Waals surface area contributed by atoms with E-state index in [2.05, 4.69) is 58.8 Å². The molecule has 7 heteroatoms. The second-order valence-corrected chi connectivity index (χ2v) is 9.58. The molecule has 0 unspecified atom stereocenters. The van der Waals surface area contributed by atoms with Gasteiger partial charge >= 0.3 is 0 Å². The Balaban J connectivity index is 1.26. The maximum atomic E-state index is 6.10. The van der Waals surface area contributed by atoms with Gasteiger partial charge in [0.1, 0.15) is 0 Å². The first-order chi connectivity index (χ1) is 13.1. The number of anilines is 2. The Morgan fingerprint density at radius 3 is 2.56 bits per heavy atom. The SMILES string of the molecule is Brc1ccc2c(c1)Oc1cc(Br)cnc1N2CCCCN1CC2(COC2)C1. The lowest BCUT2D eigenvalue weighted by Gasteiger charge is -2.55. The Hall–Kier alpha value is -1.15. The number of aromatic nitrogens is 1. The molecule has 0 saturated carbocycles. The maximum absolute atomic E-state index is 6.10. The predicted octanol–water partition coefficient (Wildman–Crippen LogP) is 4.96. The van der Waals surface area contributed by atoms with E-state index in [-0.39, 0.29) is 0 Å². The number of ether oxygens (including phenoxy) is 2. The first kappa shape index (κ1) is 17.9. The highest BCUT2D eigenvalue weighted by atomic mass is 79.9. The van der Waals surface area contributed by atoms with Gasteiger partial charge in [-0.25, -0.2) is 4.98 Å². The third-order valence-electron chi connectivity index (χ3n) is 5.53. The van der Waals surface area contributed by atoms with Crippen LogP contribution >= 0.6 is 31.9 Å². The van der Waals surface area contributed by atoms with Crippen LogP contribution in [0.25, 0.3) is 0 Å². The molecule has 3 aliphatic rings. The molecule has 2 saturated heterocycles. The number of fused-ring (bicyclic) bond motifs is 2. The van der Waals surface area contributed by atoms with E-state index in [9.17, 15) is 0 Å². The molecule has 0 atom stereocenters. The van der Waals surface area contributed by atoms with Crippen molar-refractivity contribution in [2.45, 2.75) is 12.8 Å². The molecule has 0 bridgehead atoms. The quantitative estimate of drug-likeness (QED) is 0.549. The Morgan fingerprint density at radius 2 is 1.78 bits per heavy atom. The van der Waals surface area contributed by atoms with E-state index in [1.807, 2.05) is 18.3 Å². The van der Waals surface area contributed by atoms with Crippen molar-refractivity contribution in [1.29, 1.82) is 0 Å². The third kappa shape index (κ3) is 3.39. The lowest BCUT2D eigenvalue weighted by Crippen LogP contribution is -2.65. The van der Waals surface area contributed by atoms with Crippen LogP contribution in [0.3, 0.4) is 0 Å². The van der Waals surface area contributed by atoms with Crippen LogP contribution in [-0.4, -0.2) is 49.3 Å². The number of hydrogen-bond donors (Lipinski definition) is 0. The average molecular weight is 495 g/mol. The summed E-state index contributed by atoms with van der Waals surface area (Å²) in [6.45, 7) is 6.44. The van der Waals surface area contributed by atoms with Crippen LogP contribution in [0.1, 0.15) is 12.8 Å². The van der Waals surface area contributed by atoms with Crippen LogP contribution in [0.2, 0.25) is 0 Å². The van der Waals surface area contributed by atoms with E-state index in [1.165, 1.54) is 26.1 Å². The van der Waals surface area contributed by atoms with Gasteiger partial charge in [0.15, 0.2) is 17.3 Å². The second kappa shape index (κ2) is 7.03. The highest BCUT2D eigenvalue weighted by Crippen LogP contribution is 2.47. The molecule has 0 N–H and O–H groups in total.